The maximum atomic E-state index is 5.87. The molecule has 1 unspecified atom stereocenters. The van der Waals surface area contributed by atoms with Gasteiger partial charge in [0.1, 0.15) is 0 Å². The van der Waals surface area contributed by atoms with Crippen molar-refractivity contribution in [3.8, 4) is 0 Å². The SMILES string of the molecule is CC1(CN)CCN(Cc2cccc3c2NCC3)C1.Cl.Cl. The Morgan fingerprint density at radius 1 is 1.35 bits per heavy atom. The minimum atomic E-state index is 0. The van der Waals surface area contributed by atoms with Gasteiger partial charge in [-0.1, -0.05) is 25.1 Å². The fourth-order valence-corrected chi connectivity index (χ4v) is 3.21. The average molecular weight is 318 g/mol. The van der Waals surface area contributed by atoms with Crippen LogP contribution in [0.2, 0.25) is 0 Å². The van der Waals surface area contributed by atoms with Gasteiger partial charge in [0.2, 0.25) is 0 Å². The van der Waals surface area contributed by atoms with Crippen LogP contribution in [0.5, 0.6) is 0 Å². The Morgan fingerprint density at radius 3 is 2.85 bits per heavy atom. The van der Waals surface area contributed by atoms with E-state index in [1.807, 2.05) is 0 Å². The third-order valence-corrected chi connectivity index (χ3v) is 4.46. The zero-order valence-corrected chi connectivity index (χ0v) is 13.7. The van der Waals surface area contributed by atoms with E-state index in [0.717, 1.165) is 26.2 Å². The quantitative estimate of drug-likeness (QED) is 0.900. The van der Waals surface area contributed by atoms with Crippen molar-refractivity contribution in [3.05, 3.63) is 29.3 Å². The number of benzene rings is 1. The van der Waals surface area contributed by atoms with E-state index in [2.05, 4.69) is 35.3 Å². The Morgan fingerprint density at radius 2 is 2.15 bits per heavy atom. The Balaban J connectivity index is 0.000001000. The molecule has 2 aliphatic heterocycles. The lowest BCUT2D eigenvalue weighted by Gasteiger charge is -2.23. The largest absolute Gasteiger partial charge is 0.384 e. The molecule has 2 aliphatic rings. The number of fused-ring (bicyclic) bond motifs is 1. The molecule has 0 bridgehead atoms. The van der Waals surface area contributed by atoms with E-state index in [1.165, 1.54) is 36.2 Å². The molecule has 3 N–H and O–H groups in total. The normalized spacial score (nSPS) is 24.5. The summed E-state index contributed by atoms with van der Waals surface area (Å²) >= 11 is 0. The van der Waals surface area contributed by atoms with Crippen molar-refractivity contribution in [2.75, 3.05) is 31.5 Å². The molecule has 1 fully saturated rings. The summed E-state index contributed by atoms with van der Waals surface area (Å²) in [5.41, 5.74) is 10.5. The lowest BCUT2D eigenvalue weighted by molar-refractivity contribution is 0.275. The van der Waals surface area contributed by atoms with Crippen LogP contribution in [-0.4, -0.2) is 31.1 Å². The summed E-state index contributed by atoms with van der Waals surface area (Å²) in [7, 11) is 0. The van der Waals surface area contributed by atoms with Gasteiger partial charge in [0.15, 0.2) is 0 Å². The maximum Gasteiger partial charge on any atom is 0.0419 e. The topological polar surface area (TPSA) is 41.3 Å². The summed E-state index contributed by atoms with van der Waals surface area (Å²) in [6.45, 7) is 7.57. The Bertz CT molecular complexity index is 453. The van der Waals surface area contributed by atoms with Crippen molar-refractivity contribution in [1.29, 1.82) is 0 Å². The van der Waals surface area contributed by atoms with Gasteiger partial charge in [-0.05, 0) is 42.5 Å². The zero-order valence-electron chi connectivity index (χ0n) is 12.0. The van der Waals surface area contributed by atoms with Crippen molar-refractivity contribution in [1.82, 2.24) is 4.90 Å². The van der Waals surface area contributed by atoms with Gasteiger partial charge in [-0.3, -0.25) is 4.90 Å². The average Bonchev–Trinajstić information content (AvgIpc) is 2.98. The van der Waals surface area contributed by atoms with Gasteiger partial charge in [-0.15, -0.1) is 24.8 Å². The maximum absolute atomic E-state index is 5.87. The predicted octanol–water partition coefficient (Wildman–Crippen LogP) is 2.67. The molecule has 0 spiro atoms. The summed E-state index contributed by atoms with van der Waals surface area (Å²) < 4.78 is 0. The molecule has 1 aromatic carbocycles. The molecule has 5 heteroatoms. The van der Waals surface area contributed by atoms with Gasteiger partial charge < -0.3 is 11.1 Å². The van der Waals surface area contributed by atoms with Crippen LogP contribution in [0.25, 0.3) is 0 Å². The Hall–Kier alpha value is -0.480. The molecular weight excluding hydrogens is 293 g/mol. The highest BCUT2D eigenvalue weighted by molar-refractivity contribution is 5.85. The number of anilines is 1. The van der Waals surface area contributed by atoms with Crippen LogP contribution in [0.3, 0.4) is 0 Å². The molecule has 114 valence electrons. The van der Waals surface area contributed by atoms with E-state index in [1.54, 1.807) is 0 Å². The fraction of sp³-hybridized carbons (Fsp3) is 0.600. The fourth-order valence-electron chi connectivity index (χ4n) is 3.21. The first kappa shape index (κ1) is 17.6. The summed E-state index contributed by atoms with van der Waals surface area (Å²) in [5, 5.41) is 3.53. The van der Waals surface area contributed by atoms with Crippen LogP contribution in [0.4, 0.5) is 5.69 Å². The number of hydrogen-bond acceptors (Lipinski definition) is 3. The second-order valence-corrected chi connectivity index (χ2v) is 6.10. The number of nitrogens with zero attached hydrogens (tertiary/aromatic N) is 1. The van der Waals surface area contributed by atoms with Crippen molar-refractivity contribution in [2.24, 2.45) is 11.1 Å². The number of likely N-dealkylation sites (tertiary alicyclic amines) is 1. The van der Waals surface area contributed by atoms with Crippen LogP contribution < -0.4 is 11.1 Å². The number of rotatable bonds is 3. The van der Waals surface area contributed by atoms with Gasteiger partial charge in [-0.25, -0.2) is 0 Å². The third-order valence-electron chi connectivity index (χ3n) is 4.46. The number of nitrogens with two attached hydrogens (primary N) is 1. The Kier molecular flexibility index (Phi) is 6.14. The third kappa shape index (κ3) is 3.40. The number of hydrogen-bond donors (Lipinski definition) is 2. The van der Waals surface area contributed by atoms with E-state index < -0.39 is 0 Å². The molecule has 0 amide bonds. The summed E-state index contributed by atoms with van der Waals surface area (Å²) in [6, 6.07) is 6.70. The zero-order chi connectivity index (χ0) is 12.6. The van der Waals surface area contributed by atoms with Crippen LogP contribution in [0, 0.1) is 5.41 Å². The molecule has 20 heavy (non-hydrogen) atoms. The highest BCUT2D eigenvalue weighted by Crippen LogP contribution is 2.32. The van der Waals surface area contributed by atoms with Crippen LogP contribution >= 0.6 is 24.8 Å². The van der Waals surface area contributed by atoms with Gasteiger partial charge in [0.05, 0.1) is 0 Å². The number of nitrogens with one attached hydrogen (secondary N) is 1. The first-order valence-corrected chi connectivity index (χ1v) is 6.97. The smallest absolute Gasteiger partial charge is 0.0419 e. The Labute approximate surface area is 134 Å². The van der Waals surface area contributed by atoms with Gasteiger partial charge in [0.25, 0.3) is 0 Å². The lowest BCUT2D eigenvalue weighted by Crippen LogP contribution is -2.31. The molecule has 0 saturated carbocycles. The van der Waals surface area contributed by atoms with Gasteiger partial charge >= 0.3 is 0 Å². The second-order valence-electron chi connectivity index (χ2n) is 6.10. The molecule has 1 saturated heterocycles. The predicted molar refractivity (Wildman–Crippen MR) is 90.2 cm³/mol. The molecule has 2 heterocycles. The van der Waals surface area contributed by atoms with E-state index in [-0.39, 0.29) is 24.8 Å². The molecule has 3 nitrogen and oxygen atoms in total. The molecule has 1 atom stereocenters. The van der Waals surface area contributed by atoms with Crippen molar-refractivity contribution in [2.45, 2.75) is 26.3 Å². The van der Waals surface area contributed by atoms with Gasteiger partial charge in [0, 0.05) is 25.3 Å². The lowest BCUT2D eigenvalue weighted by atomic mass is 9.90. The first-order valence-electron chi connectivity index (χ1n) is 6.97. The molecule has 0 aromatic heterocycles. The summed E-state index contributed by atoms with van der Waals surface area (Å²) in [5.74, 6) is 0. The van der Waals surface area contributed by atoms with Crippen LogP contribution in [0.1, 0.15) is 24.5 Å². The highest BCUT2D eigenvalue weighted by atomic mass is 35.5. The minimum absolute atomic E-state index is 0. The van der Waals surface area contributed by atoms with E-state index in [4.69, 9.17) is 5.73 Å². The number of para-hydroxylation sites is 1. The summed E-state index contributed by atoms with van der Waals surface area (Å²) in [6.07, 6.45) is 2.40. The first-order chi connectivity index (χ1) is 8.70. The molecule has 0 aliphatic carbocycles. The minimum Gasteiger partial charge on any atom is -0.384 e. The van der Waals surface area contributed by atoms with Crippen molar-refractivity contribution < 1.29 is 0 Å². The standard InChI is InChI=1S/C15H23N3.2ClH/c1-15(10-16)6-8-18(11-15)9-13-4-2-3-12-5-7-17-14(12)13;;/h2-4,17H,5-11,16H2,1H3;2*1H. The van der Waals surface area contributed by atoms with E-state index >= 15 is 0 Å². The molecule has 0 radical (unpaired) electrons. The van der Waals surface area contributed by atoms with E-state index in [0.29, 0.717) is 5.41 Å². The van der Waals surface area contributed by atoms with Crippen LogP contribution in [0.15, 0.2) is 18.2 Å². The van der Waals surface area contributed by atoms with Crippen LogP contribution in [-0.2, 0) is 13.0 Å². The van der Waals surface area contributed by atoms with E-state index in [9.17, 15) is 0 Å². The molecule has 1 aromatic rings. The van der Waals surface area contributed by atoms with Crippen molar-refractivity contribution in [3.63, 3.8) is 0 Å². The highest BCUT2D eigenvalue weighted by Gasteiger charge is 2.32. The molecular formula is C15H25Cl2N3. The monoisotopic (exact) mass is 317 g/mol. The molecule has 3 rings (SSSR count). The second kappa shape index (κ2) is 6.99. The van der Waals surface area contributed by atoms with Gasteiger partial charge in [-0.2, -0.15) is 0 Å². The number of halogens is 2. The summed E-state index contributed by atoms with van der Waals surface area (Å²) in [4.78, 5) is 2.54. The van der Waals surface area contributed by atoms with Crippen molar-refractivity contribution >= 4 is 30.5 Å².